The fourth-order valence-corrected chi connectivity index (χ4v) is 8.76. The van der Waals surface area contributed by atoms with Crippen LogP contribution in [0.15, 0.2) is 30.3 Å². The molecule has 0 radical (unpaired) electrons. The molecule has 35 heavy (non-hydrogen) atoms. The van der Waals surface area contributed by atoms with E-state index in [1.807, 2.05) is 23.1 Å². The molecule has 2 aliphatic carbocycles. The smallest absolute Gasteiger partial charge is 0.314 e. The van der Waals surface area contributed by atoms with Gasteiger partial charge in [0, 0.05) is 36.4 Å². The summed E-state index contributed by atoms with van der Waals surface area (Å²) in [4.78, 5) is 33.4. The highest BCUT2D eigenvalue weighted by Gasteiger charge is 2.47. The molecule has 3 saturated heterocycles. The lowest BCUT2D eigenvalue weighted by atomic mass is 9.68. The summed E-state index contributed by atoms with van der Waals surface area (Å²) in [5.41, 5.74) is 0.996. The van der Waals surface area contributed by atoms with Gasteiger partial charge in [0.2, 0.25) is 0 Å². The van der Waals surface area contributed by atoms with Crippen LogP contribution < -0.4 is 4.90 Å². The molecule has 2 unspecified atom stereocenters. The highest BCUT2D eigenvalue weighted by Crippen LogP contribution is 2.46. The van der Waals surface area contributed by atoms with Gasteiger partial charge in [-0.3, -0.25) is 14.6 Å². The number of amides is 2. The summed E-state index contributed by atoms with van der Waals surface area (Å²) in [7, 11) is 0. The van der Waals surface area contributed by atoms with Crippen LogP contribution in [0, 0.1) is 11.8 Å². The molecule has 5 nitrogen and oxygen atoms in total. The maximum atomic E-state index is 14.1. The number of carbonyl (C=O) groups excluding carboxylic acids is 2. The Morgan fingerprint density at radius 1 is 0.771 bits per heavy atom. The lowest BCUT2D eigenvalue weighted by Gasteiger charge is -2.56. The number of Topliss-reactive ketones (excluding diaryl/α,β-unsaturated/α-hetero) is 1. The molecule has 4 bridgehead atoms. The summed E-state index contributed by atoms with van der Waals surface area (Å²) in [6.45, 7) is 2.34. The molecule has 3 aliphatic heterocycles. The molecule has 2 saturated carbocycles. The van der Waals surface area contributed by atoms with Gasteiger partial charge in [0.05, 0.1) is 6.04 Å². The van der Waals surface area contributed by atoms with Crippen molar-refractivity contribution in [1.29, 1.82) is 0 Å². The topological polar surface area (TPSA) is 43.9 Å². The molecule has 2 amide bonds. The van der Waals surface area contributed by atoms with Crippen molar-refractivity contribution in [2.45, 2.75) is 121 Å². The fourth-order valence-electron chi connectivity index (χ4n) is 8.76. The minimum absolute atomic E-state index is 0.0534. The van der Waals surface area contributed by atoms with Gasteiger partial charge < -0.3 is 4.90 Å². The number of nitrogens with zero attached hydrogens (tertiary/aromatic N) is 3. The molecule has 5 fully saturated rings. The molecule has 190 valence electrons. The van der Waals surface area contributed by atoms with E-state index in [4.69, 9.17) is 0 Å². The average Bonchev–Trinajstić information content (AvgIpc) is 3.35. The van der Waals surface area contributed by atoms with E-state index < -0.39 is 0 Å². The van der Waals surface area contributed by atoms with E-state index in [0.29, 0.717) is 18.6 Å². The van der Waals surface area contributed by atoms with Gasteiger partial charge in [-0.2, -0.15) is 0 Å². The van der Waals surface area contributed by atoms with E-state index in [1.54, 1.807) is 6.92 Å². The second kappa shape index (κ2) is 9.88. The first-order valence-corrected chi connectivity index (χ1v) is 14.5. The number of benzene rings is 1. The maximum absolute atomic E-state index is 14.1. The van der Waals surface area contributed by atoms with Crippen LogP contribution in [0.3, 0.4) is 0 Å². The Bertz CT molecular complexity index is 893. The van der Waals surface area contributed by atoms with Crippen molar-refractivity contribution in [3.8, 4) is 0 Å². The summed E-state index contributed by atoms with van der Waals surface area (Å²) in [5, 5.41) is 0. The molecule has 6 rings (SSSR count). The van der Waals surface area contributed by atoms with Gasteiger partial charge >= 0.3 is 6.03 Å². The van der Waals surface area contributed by atoms with Crippen LogP contribution in [-0.2, 0) is 4.79 Å². The highest BCUT2D eigenvalue weighted by atomic mass is 16.2. The van der Waals surface area contributed by atoms with Crippen molar-refractivity contribution in [2.75, 3.05) is 11.4 Å². The van der Waals surface area contributed by atoms with Gasteiger partial charge in [-0.15, -0.1) is 0 Å². The third-order valence-electron chi connectivity index (χ3n) is 10.1. The Morgan fingerprint density at radius 3 is 2.09 bits per heavy atom. The first kappa shape index (κ1) is 23.5. The molecular formula is C30H43N3O2. The Morgan fingerprint density at radius 2 is 1.43 bits per heavy atom. The van der Waals surface area contributed by atoms with Crippen LogP contribution in [0.4, 0.5) is 10.5 Å². The zero-order valence-corrected chi connectivity index (χ0v) is 21.5. The fraction of sp³-hybridized carbons (Fsp3) is 0.733. The van der Waals surface area contributed by atoms with Crippen LogP contribution in [0.25, 0.3) is 0 Å². The van der Waals surface area contributed by atoms with Crippen LogP contribution in [0.2, 0.25) is 0 Å². The number of hydrogen-bond acceptors (Lipinski definition) is 3. The SMILES string of the molecule is CC(=O)[C@H]1CCCN1C(=O)N(c1ccccc1)C1C[C@H]2CCC[C@@H](C1)N2C1C[C@H]2CCC[C@@H](C1)C2. The Labute approximate surface area is 211 Å². The Kier molecular flexibility index (Phi) is 6.64. The van der Waals surface area contributed by atoms with Gasteiger partial charge in [-0.05, 0) is 88.7 Å². The standard InChI is InChI=1S/C30H43N3O2/c1-21(34)29-14-7-15-31(29)30(35)33(24-10-3-2-4-11-24)28-19-25-12-6-13-26(20-28)32(25)27-17-22-8-5-9-23(16-22)18-27/h2-4,10-11,22-23,25-29H,5-9,12-20H2,1H3/t22-,23+,25-,26+,27?,28?,29-/m1/s1. The minimum atomic E-state index is -0.255. The van der Waals surface area contributed by atoms with E-state index in [1.165, 1.54) is 57.8 Å². The second-order valence-electron chi connectivity index (χ2n) is 12.3. The highest BCUT2D eigenvalue weighted by molar-refractivity contribution is 5.96. The van der Waals surface area contributed by atoms with Crippen molar-refractivity contribution >= 4 is 17.5 Å². The molecule has 7 atom stereocenters. The predicted molar refractivity (Wildman–Crippen MR) is 139 cm³/mol. The number of likely N-dealkylation sites (tertiary alicyclic amines) is 1. The maximum Gasteiger partial charge on any atom is 0.325 e. The van der Waals surface area contributed by atoms with Crippen LogP contribution in [0.1, 0.15) is 90.4 Å². The summed E-state index contributed by atoms with van der Waals surface area (Å²) >= 11 is 0. The number of fused-ring (bicyclic) bond motifs is 4. The summed E-state index contributed by atoms with van der Waals surface area (Å²) < 4.78 is 0. The van der Waals surface area contributed by atoms with E-state index in [0.717, 1.165) is 49.2 Å². The molecule has 1 aromatic rings. The molecule has 0 aromatic heterocycles. The summed E-state index contributed by atoms with van der Waals surface area (Å²) in [6.07, 6.45) is 16.4. The first-order chi connectivity index (χ1) is 17.1. The third kappa shape index (κ3) is 4.54. The van der Waals surface area contributed by atoms with Crippen LogP contribution in [0.5, 0.6) is 0 Å². The molecule has 1 aromatic carbocycles. The van der Waals surface area contributed by atoms with Gasteiger partial charge in [0.15, 0.2) is 5.78 Å². The summed E-state index contributed by atoms with van der Waals surface area (Å²) in [5.74, 6) is 2.03. The lowest BCUT2D eigenvalue weighted by molar-refractivity contribution is -0.120. The molecule has 3 heterocycles. The number of hydrogen-bond donors (Lipinski definition) is 0. The number of ketones is 1. The zero-order chi connectivity index (χ0) is 23.9. The van der Waals surface area contributed by atoms with Gasteiger partial charge in [0.25, 0.3) is 0 Å². The average molecular weight is 478 g/mol. The van der Waals surface area contributed by atoms with E-state index in [9.17, 15) is 9.59 Å². The molecule has 5 heteroatoms. The minimum Gasteiger partial charge on any atom is -0.314 e. The number of anilines is 1. The second-order valence-corrected chi connectivity index (χ2v) is 12.3. The molecular weight excluding hydrogens is 434 g/mol. The van der Waals surface area contributed by atoms with Gasteiger partial charge in [-0.25, -0.2) is 4.79 Å². The normalized spacial score (nSPS) is 37.2. The molecule has 0 N–H and O–H groups in total. The van der Waals surface area contributed by atoms with Crippen molar-refractivity contribution in [1.82, 2.24) is 9.80 Å². The Hall–Kier alpha value is -1.88. The van der Waals surface area contributed by atoms with Crippen molar-refractivity contribution in [2.24, 2.45) is 11.8 Å². The number of carbonyl (C=O) groups is 2. The van der Waals surface area contributed by atoms with Gasteiger partial charge in [-0.1, -0.05) is 43.9 Å². The lowest BCUT2D eigenvalue weighted by Crippen LogP contribution is -2.63. The number of rotatable bonds is 4. The van der Waals surface area contributed by atoms with Crippen molar-refractivity contribution < 1.29 is 9.59 Å². The number of piperidine rings is 2. The van der Waals surface area contributed by atoms with Crippen LogP contribution in [-0.4, -0.2) is 58.4 Å². The van der Waals surface area contributed by atoms with Gasteiger partial charge in [0.1, 0.15) is 0 Å². The zero-order valence-electron chi connectivity index (χ0n) is 21.5. The molecule has 5 aliphatic rings. The van der Waals surface area contributed by atoms with Crippen molar-refractivity contribution in [3.05, 3.63) is 30.3 Å². The van der Waals surface area contributed by atoms with Crippen LogP contribution >= 0.6 is 0 Å². The Balaban J connectivity index is 1.26. The first-order valence-electron chi connectivity index (χ1n) is 14.5. The largest absolute Gasteiger partial charge is 0.325 e. The van der Waals surface area contributed by atoms with E-state index in [-0.39, 0.29) is 23.9 Å². The summed E-state index contributed by atoms with van der Waals surface area (Å²) in [6, 6.07) is 12.2. The molecule has 0 spiro atoms. The third-order valence-corrected chi connectivity index (χ3v) is 10.1. The monoisotopic (exact) mass is 477 g/mol. The van der Waals surface area contributed by atoms with E-state index >= 15 is 0 Å². The number of urea groups is 1. The number of para-hydroxylation sites is 1. The predicted octanol–water partition coefficient (Wildman–Crippen LogP) is 6.02. The van der Waals surface area contributed by atoms with E-state index in [2.05, 4.69) is 21.9 Å². The quantitative estimate of drug-likeness (QED) is 0.533. The van der Waals surface area contributed by atoms with Crippen molar-refractivity contribution in [3.63, 3.8) is 0 Å².